The zero-order chi connectivity index (χ0) is 14.9. The number of ether oxygens (including phenoxy) is 1. The van der Waals surface area contributed by atoms with Crippen LogP contribution >= 0.6 is 0 Å². The van der Waals surface area contributed by atoms with E-state index < -0.39 is 0 Å². The van der Waals surface area contributed by atoms with E-state index in [1.165, 1.54) is 21.9 Å². The van der Waals surface area contributed by atoms with Gasteiger partial charge >= 0.3 is 0 Å². The molecule has 1 heteroatoms. The molecule has 1 atom stereocenters. The fourth-order valence-corrected chi connectivity index (χ4v) is 3.14. The van der Waals surface area contributed by atoms with Gasteiger partial charge in [-0.3, -0.25) is 0 Å². The Balaban J connectivity index is 1.90. The number of benzene rings is 2. The standard InChI is InChI=1S/C20H24O/c1-15(2)7-6-13-20(3)14-12-17-11-10-16-8-4-5-9-18(16)19(17)21-20/h4-5,7-11H,6,12-14H2,1-3H3. The van der Waals surface area contributed by atoms with Crippen molar-refractivity contribution in [3.05, 3.63) is 53.6 Å². The van der Waals surface area contributed by atoms with Gasteiger partial charge in [0.25, 0.3) is 0 Å². The summed E-state index contributed by atoms with van der Waals surface area (Å²) in [5.74, 6) is 1.11. The summed E-state index contributed by atoms with van der Waals surface area (Å²) in [6, 6.07) is 13.0. The van der Waals surface area contributed by atoms with E-state index in [1.54, 1.807) is 0 Å². The van der Waals surface area contributed by atoms with Crippen LogP contribution in [0.2, 0.25) is 0 Å². The Hall–Kier alpha value is -1.76. The molecule has 1 nitrogen and oxygen atoms in total. The van der Waals surface area contributed by atoms with Gasteiger partial charge in [-0.1, -0.05) is 48.0 Å². The largest absolute Gasteiger partial charge is 0.487 e. The molecule has 0 amide bonds. The number of aryl methyl sites for hydroxylation is 1. The molecule has 0 saturated carbocycles. The van der Waals surface area contributed by atoms with Crippen LogP contribution in [0.4, 0.5) is 0 Å². The zero-order valence-corrected chi connectivity index (χ0v) is 13.3. The molecule has 1 unspecified atom stereocenters. The molecular formula is C20H24O. The maximum atomic E-state index is 6.49. The zero-order valence-electron chi connectivity index (χ0n) is 13.3. The van der Waals surface area contributed by atoms with Crippen LogP contribution in [-0.2, 0) is 6.42 Å². The Kier molecular flexibility index (Phi) is 3.75. The first kappa shape index (κ1) is 14.2. The highest BCUT2D eigenvalue weighted by Gasteiger charge is 2.31. The summed E-state index contributed by atoms with van der Waals surface area (Å²) in [4.78, 5) is 0. The third-order valence-electron chi connectivity index (χ3n) is 4.46. The van der Waals surface area contributed by atoms with Gasteiger partial charge in [0.15, 0.2) is 0 Å². The highest BCUT2D eigenvalue weighted by Crippen LogP contribution is 2.40. The molecule has 110 valence electrons. The Labute approximate surface area is 127 Å². The van der Waals surface area contributed by atoms with Gasteiger partial charge < -0.3 is 4.74 Å². The summed E-state index contributed by atoms with van der Waals surface area (Å²) in [5, 5.41) is 2.52. The Bertz CT molecular complexity index is 679. The van der Waals surface area contributed by atoms with E-state index in [0.717, 1.165) is 31.4 Å². The summed E-state index contributed by atoms with van der Waals surface area (Å²) < 4.78 is 6.49. The lowest BCUT2D eigenvalue weighted by atomic mass is 9.87. The van der Waals surface area contributed by atoms with Crippen LogP contribution in [0.25, 0.3) is 10.8 Å². The predicted octanol–water partition coefficient (Wildman–Crippen LogP) is 5.67. The highest BCUT2D eigenvalue weighted by molar-refractivity contribution is 5.89. The fourth-order valence-electron chi connectivity index (χ4n) is 3.14. The molecule has 2 aromatic rings. The Morgan fingerprint density at radius 1 is 1.19 bits per heavy atom. The summed E-state index contributed by atoms with van der Waals surface area (Å²) in [6.07, 6.45) is 6.72. The second-order valence-corrected chi connectivity index (χ2v) is 6.65. The Morgan fingerprint density at radius 2 is 2.00 bits per heavy atom. The van der Waals surface area contributed by atoms with Gasteiger partial charge in [0.1, 0.15) is 11.4 Å². The van der Waals surface area contributed by atoms with Gasteiger partial charge in [0, 0.05) is 5.39 Å². The first-order valence-electron chi connectivity index (χ1n) is 7.90. The van der Waals surface area contributed by atoms with Crippen molar-refractivity contribution in [2.45, 2.75) is 52.1 Å². The van der Waals surface area contributed by atoms with E-state index >= 15 is 0 Å². The minimum Gasteiger partial charge on any atom is -0.487 e. The molecule has 0 fully saturated rings. The van der Waals surface area contributed by atoms with E-state index in [0.29, 0.717) is 0 Å². The molecule has 0 radical (unpaired) electrons. The molecule has 1 heterocycles. The van der Waals surface area contributed by atoms with Crippen molar-refractivity contribution >= 4 is 10.8 Å². The molecule has 21 heavy (non-hydrogen) atoms. The van der Waals surface area contributed by atoms with E-state index in [1.807, 2.05) is 0 Å². The van der Waals surface area contributed by atoms with E-state index in [9.17, 15) is 0 Å². The maximum Gasteiger partial charge on any atom is 0.131 e. The lowest BCUT2D eigenvalue weighted by Gasteiger charge is -2.36. The topological polar surface area (TPSA) is 9.23 Å². The van der Waals surface area contributed by atoms with Crippen LogP contribution in [0.3, 0.4) is 0 Å². The minimum absolute atomic E-state index is 0.0386. The smallest absolute Gasteiger partial charge is 0.131 e. The van der Waals surface area contributed by atoms with Gasteiger partial charge in [-0.25, -0.2) is 0 Å². The van der Waals surface area contributed by atoms with Crippen LogP contribution in [0.5, 0.6) is 5.75 Å². The summed E-state index contributed by atoms with van der Waals surface area (Å²) in [5.41, 5.74) is 2.71. The van der Waals surface area contributed by atoms with Crippen molar-refractivity contribution in [1.29, 1.82) is 0 Å². The molecule has 0 saturated heterocycles. The Morgan fingerprint density at radius 3 is 2.81 bits per heavy atom. The second kappa shape index (κ2) is 5.55. The average Bonchev–Trinajstić information content (AvgIpc) is 2.46. The van der Waals surface area contributed by atoms with Crippen LogP contribution in [-0.4, -0.2) is 5.60 Å². The summed E-state index contributed by atoms with van der Waals surface area (Å²) >= 11 is 0. The lowest BCUT2D eigenvalue weighted by molar-refractivity contribution is 0.0591. The van der Waals surface area contributed by atoms with E-state index in [-0.39, 0.29) is 5.60 Å². The molecule has 0 N–H and O–H groups in total. The van der Waals surface area contributed by atoms with Crippen molar-refractivity contribution in [3.63, 3.8) is 0 Å². The highest BCUT2D eigenvalue weighted by atomic mass is 16.5. The molecule has 0 spiro atoms. The quantitative estimate of drug-likeness (QED) is 0.658. The van der Waals surface area contributed by atoms with Gasteiger partial charge in [-0.15, -0.1) is 0 Å². The van der Waals surface area contributed by atoms with Crippen molar-refractivity contribution in [2.75, 3.05) is 0 Å². The van der Waals surface area contributed by atoms with Crippen molar-refractivity contribution in [2.24, 2.45) is 0 Å². The molecule has 1 aliphatic rings. The number of hydrogen-bond donors (Lipinski definition) is 0. The van der Waals surface area contributed by atoms with Gasteiger partial charge in [0.05, 0.1) is 0 Å². The molecule has 3 rings (SSSR count). The number of allylic oxidation sites excluding steroid dienone is 2. The monoisotopic (exact) mass is 280 g/mol. The molecule has 0 aromatic heterocycles. The number of fused-ring (bicyclic) bond motifs is 3. The van der Waals surface area contributed by atoms with Crippen molar-refractivity contribution in [1.82, 2.24) is 0 Å². The van der Waals surface area contributed by atoms with Crippen molar-refractivity contribution < 1.29 is 4.74 Å². The normalized spacial score (nSPS) is 20.7. The minimum atomic E-state index is -0.0386. The predicted molar refractivity (Wildman–Crippen MR) is 90.0 cm³/mol. The van der Waals surface area contributed by atoms with Crippen LogP contribution in [0.1, 0.15) is 45.6 Å². The lowest BCUT2D eigenvalue weighted by Crippen LogP contribution is -2.36. The average molecular weight is 280 g/mol. The van der Waals surface area contributed by atoms with Gasteiger partial charge in [-0.2, -0.15) is 0 Å². The first-order valence-corrected chi connectivity index (χ1v) is 7.90. The maximum absolute atomic E-state index is 6.49. The third kappa shape index (κ3) is 2.97. The summed E-state index contributed by atoms with van der Waals surface area (Å²) in [7, 11) is 0. The van der Waals surface area contributed by atoms with Crippen LogP contribution < -0.4 is 4.74 Å². The number of rotatable bonds is 3. The SMILES string of the molecule is CC(C)=CCCC1(C)CCc2ccc3ccccc3c2O1. The van der Waals surface area contributed by atoms with E-state index in [2.05, 4.69) is 63.2 Å². The summed E-state index contributed by atoms with van der Waals surface area (Å²) in [6.45, 7) is 6.58. The fraction of sp³-hybridized carbons (Fsp3) is 0.400. The van der Waals surface area contributed by atoms with Crippen LogP contribution in [0.15, 0.2) is 48.0 Å². The molecule has 2 aromatic carbocycles. The van der Waals surface area contributed by atoms with E-state index in [4.69, 9.17) is 4.74 Å². The van der Waals surface area contributed by atoms with Gasteiger partial charge in [-0.05, 0) is 57.4 Å². The van der Waals surface area contributed by atoms with Crippen molar-refractivity contribution in [3.8, 4) is 5.75 Å². The first-order chi connectivity index (χ1) is 10.1. The molecule has 0 aliphatic carbocycles. The van der Waals surface area contributed by atoms with Gasteiger partial charge in [0.2, 0.25) is 0 Å². The molecule has 1 aliphatic heterocycles. The third-order valence-corrected chi connectivity index (χ3v) is 4.46. The molecule has 0 bridgehead atoms. The second-order valence-electron chi connectivity index (χ2n) is 6.65. The number of hydrogen-bond acceptors (Lipinski definition) is 1. The van der Waals surface area contributed by atoms with Crippen LogP contribution in [0, 0.1) is 0 Å². The molecular weight excluding hydrogens is 256 g/mol.